The lowest BCUT2D eigenvalue weighted by atomic mass is 9.86. The van der Waals surface area contributed by atoms with E-state index in [1.807, 2.05) is 24.3 Å². The van der Waals surface area contributed by atoms with Gasteiger partial charge in [-0.1, -0.05) is 37.6 Å². The van der Waals surface area contributed by atoms with Crippen LogP contribution in [0.25, 0.3) is 0 Å². The summed E-state index contributed by atoms with van der Waals surface area (Å²) in [7, 11) is 0. The fraction of sp³-hybridized carbons (Fsp3) is 0.650. The van der Waals surface area contributed by atoms with Gasteiger partial charge >= 0.3 is 0 Å². The lowest BCUT2D eigenvalue weighted by Crippen LogP contribution is -2.47. The molecule has 1 heterocycles. The zero-order chi connectivity index (χ0) is 17.1. The van der Waals surface area contributed by atoms with E-state index >= 15 is 0 Å². The number of amides is 1. The molecule has 0 radical (unpaired) electrons. The van der Waals surface area contributed by atoms with Crippen LogP contribution < -0.4 is 5.32 Å². The van der Waals surface area contributed by atoms with Crippen molar-refractivity contribution < 1.29 is 4.79 Å². The van der Waals surface area contributed by atoms with E-state index in [9.17, 15) is 4.79 Å². The van der Waals surface area contributed by atoms with Crippen molar-refractivity contribution in [3.8, 4) is 0 Å². The van der Waals surface area contributed by atoms with Gasteiger partial charge in [-0.25, -0.2) is 0 Å². The summed E-state index contributed by atoms with van der Waals surface area (Å²) < 4.78 is 0. The molecule has 3 rings (SSSR count). The molecular formula is C20H29ClN2O. The molecule has 4 heteroatoms. The van der Waals surface area contributed by atoms with E-state index in [-0.39, 0.29) is 17.7 Å². The third kappa shape index (κ3) is 4.52. The quantitative estimate of drug-likeness (QED) is 0.840. The Bertz CT molecular complexity index is 563. The number of carbonyl (C=O) groups is 1. The van der Waals surface area contributed by atoms with Crippen molar-refractivity contribution >= 4 is 17.5 Å². The number of piperidine rings is 1. The lowest BCUT2D eigenvalue weighted by molar-refractivity contribution is -0.135. The van der Waals surface area contributed by atoms with Gasteiger partial charge in [0.1, 0.15) is 0 Å². The molecule has 2 aliphatic rings. The van der Waals surface area contributed by atoms with Crippen LogP contribution in [0.4, 0.5) is 0 Å². The predicted molar refractivity (Wildman–Crippen MR) is 99.4 cm³/mol. The Morgan fingerprint density at radius 3 is 2.54 bits per heavy atom. The zero-order valence-corrected chi connectivity index (χ0v) is 15.6. The Morgan fingerprint density at radius 1 is 1.25 bits per heavy atom. The minimum Gasteiger partial charge on any atom is -0.342 e. The van der Waals surface area contributed by atoms with E-state index in [0.717, 1.165) is 44.0 Å². The number of benzene rings is 1. The molecule has 0 bridgehead atoms. The first-order valence-electron chi connectivity index (χ1n) is 9.32. The molecule has 1 amide bonds. The van der Waals surface area contributed by atoms with Gasteiger partial charge in [-0.15, -0.1) is 0 Å². The molecule has 3 nitrogen and oxygen atoms in total. The molecular weight excluding hydrogens is 320 g/mol. The Hall–Kier alpha value is -1.06. The third-order valence-corrected chi connectivity index (χ3v) is 5.57. The van der Waals surface area contributed by atoms with Crippen LogP contribution in [0.3, 0.4) is 0 Å². The third-order valence-electron chi connectivity index (χ3n) is 5.34. The molecule has 1 saturated heterocycles. The van der Waals surface area contributed by atoms with Crippen molar-refractivity contribution in [3.05, 3.63) is 34.9 Å². The first-order valence-corrected chi connectivity index (χ1v) is 9.70. The summed E-state index contributed by atoms with van der Waals surface area (Å²) in [5, 5.41) is 4.38. The molecule has 132 valence electrons. The highest BCUT2D eigenvalue weighted by Crippen LogP contribution is 2.30. The van der Waals surface area contributed by atoms with E-state index in [0.29, 0.717) is 11.1 Å². The molecule has 1 unspecified atom stereocenters. The van der Waals surface area contributed by atoms with Gasteiger partial charge < -0.3 is 10.2 Å². The molecule has 1 saturated carbocycles. The number of likely N-dealkylation sites (tertiary alicyclic amines) is 1. The maximum Gasteiger partial charge on any atom is 0.230 e. The summed E-state index contributed by atoms with van der Waals surface area (Å²) >= 11 is 6.14. The van der Waals surface area contributed by atoms with Crippen molar-refractivity contribution in [2.24, 2.45) is 11.8 Å². The predicted octanol–water partition coefficient (Wildman–Crippen LogP) is 4.07. The summed E-state index contributed by atoms with van der Waals surface area (Å²) in [4.78, 5) is 15.2. The summed E-state index contributed by atoms with van der Waals surface area (Å²) in [6, 6.07) is 8.35. The monoisotopic (exact) mass is 348 g/mol. The molecule has 1 aliphatic carbocycles. The molecule has 1 N–H and O–H groups in total. The smallest absolute Gasteiger partial charge is 0.230 e. The van der Waals surface area contributed by atoms with Crippen LogP contribution >= 0.6 is 11.6 Å². The molecule has 24 heavy (non-hydrogen) atoms. The average molecular weight is 349 g/mol. The molecule has 0 spiro atoms. The van der Waals surface area contributed by atoms with Gasteiger partial charge in [-0.2, -0.15) is 0 Å². The van der Waals surface area contributed by atoms with E-state index < -0.39 is 0 Å². The lowest BCUT2D eigenvalue weighted by Gasteiger charge is -2.35. The summed E-state index contributed by atoms with van der Waals surface area (Å²) in [6.45, 7) is 7.13. The Labute approximate surface area is 150 Å². The minimum absolute atomic E-state index is 0.0975. The number of nitrogens with one attached hydrogen (secondary N) is 1. The van der Waals surface area contributed by atoms with Crippen LogP contribution in [0.5, 0.6) is 0 Å². The maximum absolute atomic E-state index is 13.1. The van der Waals surface area contributed by atoms with Gasteiger partial charge in [0, 0.05) is 24.2 Å². The second kappa shape index (κ2) is 7.88. The van der Waals surface area contributed by atoms with Crippen LogP contribution in [-0.4, -0.2) is 36.5 Å². The number of halogens is 1. The van der Waals surface area contributed by atoms with Gasteiger partial charge in [-0.05, 0) is 61.8 Å². The fourth-order valence-corrected chi connectivity index (χ4v) is 3.87. The van der Waals surface area contributed by atoms with E-state index in [4.69, 9.17) is 11.6 Å². The number of nitrogens with zero attached hydrogens (tertiary/aromatic N) is 1. The van der Waals surface area contributed by atoms with Gasteiger partial charge in [0.25, 0.3) is 0 Å². The Morgan fingerprint density at radius 2 is 1.96 bits per heavy atom. The normalized spacial score (nSPS) is 20.4. The van der Waals surface area contributed by atoms with Gasteiger partial charge in [-0.3, -0.25) is 4.79 Å². The van der Waals surface area contributed by atoms with Crippen LogP contribution in [0.1, 0.15) is 51.0 Å². The SMILES string of the molecule is CC(C)C(C(=O)N1CCC(NCC2CC2)CC1)c1cccc(Cl)c1. The molecule has 0 aromatic heterocycles. The van der Waals surface area contributed by atoms with Crippen molar-refractivity contribution in [3.63, 3.8) is 0 Å². The van der Waals surface area contributed by atoms with Gasteiger partial charge in [0.2, 0.25) is 5.91 Å². The number of rotatable bonds is 6. The summed E-state index contributed by atoms with van der Waals surface area (Å²) in [5.41, 5.74) is 1.04. The zero-order valence-electron chi connectivity index (χ0n) is 14.8. The van der Waals surface area contributed by atoms with Crippen molar-refractivity contribution in [2.75, 3.05) is 19.6 Å². The maximum atomic E-state index is 13.1. The number of hydrogen-bond donors (Lipinski definition) is 1. The average Bonchev–Trinajstić information content (AvgIpc) is 3.37. The second-order valence-corrected chi connectivity index (χ2v) is 8.16. The topological polar surface area (TPSA) is 32.3 Å². The Kier molecular flexibility index (Phi) is 5.83. The van der Waals surface area contributed by atoms with Crippen LogP contribution in [0, 0.1) is 11.8 Å². The summed E-state index contributed by atoms with van der Waals surface area (Å²) in [6.07, 6.45) is 4.91. The molecule has 1 atom stereocenters. The second-order valence-electron chi connectivity index (χ2n) is 7.73. The van der Waals surface area contributed by atoms with E-state index in [1.165, 1.54) is 12.8 Å². The first kappa shape index (κ1) is 17.8. The van der Waals surface area contributed by atoms with E-state index in [1.54, 1.807) is 0 Å². The standard InChI is InChI=1S/C20H29ClN2O/c1-14(2)19(16-4-3-5-17(21)12-16)20(24)23-10-8-18(9-11-23)22-13-15-6-7-15/h3-5,12,14-15,18-19,22H,6-11,13H2,1-2H3. The minimum atomic E-state index is -0.0975. The highest BCUT2D eigenvalue weighted by Gasteiger charge is 2.31. The molecule has 2 fully saturated rings. The molecule has 1 aromatic carbocycles. The van der Waals surface area contributed by atoms with Gasteiger partial charge in [0.05, 0.1) is 5.92 Å². The van der Waals surface area contributed by atoms with Crippen molar-refractivity contribution in [2.45, 2.75) is 51.5 Å². The van der Waals surface area contributed by atoms with Crippen LogP contribution in [-0.2, 0) is 4.79 Å². The van der Waals surface area contributed by atoms with Crippen molar-refractivity contribution in [1.29, 1.82) is 0 Å². The molecule has 1 aliphatic heterocycles. The van der Waals surface area contributed by atoms with E-state index in [2.05, 4.69) is 24.1 Å². The van der Waals surface area contributed by atoms with Gasteiger partial charge in [0.15, 0.2) is 0 Å². The highest BCUT2D eigenvalue weighted by atomic mass is 35.5. The summed E-state index contributed by atoms with van der Waals surface area (Å²) in [5.74, 6) is 1.34. The highest BCUT2D eigenvalue weighted by molar-refractivity contribution is 6.30. The van der Waals surface area contributed by atoms with Crippen LogP contribution in [0.15, 0.2) is 24.3 Å². The number of carbonyl (C=O) groups excluding carboxylic acids is 1. The number of hydrogen-bond acceptors (Lipinski definition) is 2. The van der Waals surface area contributed by atoms with Crippen LogP contribution in [0.2, 0.25) is 5.02 Å². The molecule has 1 aromatic rings. The van der Waals surface area contributed by atoms with Crippen molar-refractivity contribution in [1.82, 2.24) is 10.2 Å². The largest absolute Gasteiger partial charge is 0.342 e. The fourth-order valence-electron chi connectivity index (χ4n) is 3.67. The Balaban J connectivity index is 1.59. The first-order chi connectivity index (χ1) is 11.5.